The van der Waals surface area contributed by atoms with E-state index in [1.54, 1.807) is 0 Å². The van der Waals surface area contributed by atoms with E-state index in [0.29, 0.717) is 6.42 Å². The van der Waals surface area contributed by atoms with E-state index < -0.39 is 5.92 Å². The molecule has 54 valence electrons. The smallest absolute Gasteiger partial charge is 0.207 e. The topological polar surface area (TPSA) is 0 Å². The van der Waals surface area contributed by atoms with Crippen LogP contribution in [0.3, 0.4) is 0 Å². The SMILES string of the molecule is FC1(F)CC[C@H](CBr)C1. The quantitative estimate of drug-likeness (QED) is 0.569. The van der Waals surface area contributed by atoms with E-state index in [9.17, 15) is 8.78 Å². The molecule has 0 aromatic rings. The molecule has 0 amide bonds. The van der Waals surface area contributed by atoms with Crippen molar-refractivity contribution in [1.82, 2.24) is 0 Å². The predicted octanol–water partition coefficient (Wildman–Crippen LogP) is 2.82. The molecule has 1 saturated carbocycles. The molecule has 0 heterocycles. The maximum Gasteiger partial charge on any atom is 0.248 e. The maximum absolute atomic E-state index is 12.4. The monoisotopic (exact) mass is 198 g/mol. The van der Waals surface area contributed by atoms with Gasteiger partial charge in [-0.25, -0.2) is 8.78 Å². The predicted molar refractivity (Wildman–Crippen MR) is 36.1 cm³/mol. The first-order chi connectivity index (χ1) is 4.14. The number of hydrogen-bond acceptors (Lipinski definition) is 0. The molecule has 0 aromatic carbocycles. The zero-order chi connectivity index (χ0) is 6.91. The van der Waals surface area contributed by atoms with Gasteiger partial charge in [-0.2, -0.15) is 0 Å². The third kappa shape index (κ3) is 1.88. The van der Waals surface area contributed by atoms with Crippen LogP contribution in [0.2, 0.25) is 0 Å². The van der Waals surface area contributed by atoms with Gasteiger partial charge in [-0.3, -0.25) is 0 Å². The number of hydrogen-bond donors (Lipinski definition) is 0. The van der Waals surface area contributed by atoms with Crippen LogP contribution in [0.25, 0.3) is 0 Å². The molecule has 0 N–H and O–H groups in total. The van der Waals surface area contributed by atoms with Crippen molar-refractivity contribution >= 4 is 15.9 Å². The van der Waals surface area contributed by atoms with Crippen LogP contribution in [0, 0.1) is 5.92 Å². The summed E-state index contributed by atoms with van der Waals surface area (Å²) in [7, 11) is 0. The molecule has 0 nitrogen and oxygen atoms in total. The Morgan fingerprint density at radius 3 is 2.44 bits per heavy atom. The number of halogens is 3. The third-order valence-electron chi connectivity index (χ3n) is 1.72. The number of rotatable bonds is 1. The van der Waals surface area contributed by atoms with Crippen LogP contribution in [0.5, 0.6) is 0 Å². The minimum absolute atomic E-state index is 0.0816. The Hall–Kier alpha value is 0.340. The Kier molecular flexibility index (Phi) is 2.09. The summed E-state index contributed by atoms with van der Waals surface area (Å²) in [6, 6.07) is 0. The fourth-order valence-electron chi connectivity index (χ4n) is 1.17. The van der Waals surface area contributed by atoms with Crippen LogP contribution in [0.4, 0.5) is 8.78 Å². The lowest BCUT2D eigenvalue weighted by molar-refractivity contribution is 0.00600. The van der Waals surface area contributed by atoms with Crippen molar-refractivity contribution in [2.75, 3.05) is 5.33 Å². The molecular formula is C6H9BrF2. The minimum Gasteiger partial charge on any atom is -0.207 e. The molecular weight excluding hydrogens is 190 g/mol. The highest BCUT2D eigenvalue weighted by Gasteiger charge is 2.38. The third-order valence-corrected chi connectivity index (χ3v) is 2.64. The van der Waals surface area contributed by atoms with Gasteiger partial charge in [0.15, 0.2) is 0 Å². The molecule has 3 heteroatoms. The summed E-state index contributed by atoms with van der Waals surface area (Å²) in [6.45, 7) is 0. The lowest BCUT2D eigenvalue weighted by atomic mass is 10.1. The highest BCUT2D eigenvalue weighted by atomic mass is 79.9. The number of alkyl halides is 3. The summed E-state index contributed by atoms with van der Waals surface area (Å²) >= 11 is 3.19. The largest absolute Gasteiger partial charge is 0.248 e. The van der Waals surface area contributed by atoms with Gasteiger partial charge in [0, 0.05) is 18.2 Å². The Morgan fingerprint density at radius 2 is 2.22 bits per heavy atom. The lowest BCUT2D eigenvalue weighted by Crippen LogP contribution is -2.09. The van der Waals surface area contributed by atoms with Gasteiger partial charge in [-0.15, -0.1) is 0 Å². The highest BCUT2D eigenvalue weighted by Crippen LogP contribution is 2.39. The van der Waals surface area contributed by atoms with Gasteiger partial charge in [0.1, 0.15) is 0 Å². The van der Waals surface area contributed by atoms with Crippen molar-refractivity contribution in [2.45, 2.75) is 25.2 Å². The van der Waals surface area contributed by atoms with Gasteiger partial charge in [0.25, 0.3) is 0 Å². The van der Waals surface area contributed by atoms with Gasteiger partial charge in [-0.05, 0) is 12.3 Å². The average molecular weight is 199 g/mol. The second-order valence-corrected chi connectivity index (χ2v) is 3.27. The van der Waals surface area contributed by atoms with Crippen molar-refractivity contribution in [2.24, 2.45) is 5.92 Å². The van der Waals surface area contributed by atoms with E-state index in [-0.39, 0.29) is 18.8 Å². The van der Waals surface area contributed by atoms with Crippen LogP contribution in [0.15, 0.2) is 0 Å². The summed E-state index contributed by atoms with van der Waals surface area (Å²) in [6.07, 6.45) is 0.847. The van der Waals surface area contributed by atoms with Gasteiger partial charge < -0.3 is 0 Å². The first kappa shape index (κ1) is 7.45. The summed E-state index contributed by atoms with van der Waals surface area (Å²) in [5, 5.41) is 0.725. The van der Waals surface area contributed by atoms with E-state index in [2.05, 4.69) is 15.9 Å². The lowest BCUT2D eigenvalue weighted by Gasteiger charge is -2.06. The zero-order valence-electron chi connectivity index (χ0n) is 5.04. The van der Waals surface area contributed by atoms with Crippen molar-refractivity contribution in [3.8, 4) is 0 Å². The highest BCUT2D eigenvalue weighted by molar-refractivity contribution is 9.09. The van der Waals surface area contributed by atoms with Crippen LogP contribution in [-0.2, 0) is 0 Å². The Morgan fingerprint density at radius 1 is 1.56 bits per heavy atom. The molecule has 9 heavy (non-hydrogen) atoms. The second kappa shape index (κ2) is 2.52. The van der Waals surface area contributed by atoms with E-state index in [1.807, 2.05) is 0 Å². The standard InChI is InChI=1S/C6H9BrF2/c7-4-5-1-2-6(8,9)3-5/h5H,1-4H2/t5-/m0/s1. The van der Waals surface area contributed by atoms with Crippen molar-refractivity contribution in [1.29, 1.82) is 0 Å². The first-order valence-corrected chi connectivity index (χ1v) is 4.20. The molecule has 1 aliphatic rings. The fourth-order valence-corrected chi connectivity index (χ4v) is 1.73. The van der Waals surface area contributed by atoms with Gasteiger partial charge in [0.05, 0.1) is 0 Å². The Bertz CT molecular complexity index is 103. The summed E-state index contributed by atoms with van der Waals surface area (Å²) in [5.74, 6) is -2.15. The molecule has 0 bridgehead atoms. The average Bonchev–Trinajstić information content (AvgIpc) is 2.10. The van der Waals surface area contributed by atoms with Gasteiger partial charge in [0.2, 0.25) is 5.92 Å². The van der Waals surface area contributed by atoms with Crippen LogP contribution >= 0.6 is 15.9 Å². The Balaban J connectivity index is 2.38. The second-order valence-electron chi connectivity index (χ2n) is 2.62. The summed E-state index contributed by atoms with van der Waals surface area (Å²) in [5.41, 5.74) is 0. The molecule has 0 saturated heterocycles. The van der Waals surface area contributed by atoms with Crippen molar-refractivity contribution in [3.05, 3.63) is 0 Å². The zero-order valence-corrected chi connectivity index (χ0v) is 6.63. The van der Waals surface area contributed by atoms with Gasteiger partial charge in [-0.1, -0.05) is 15.9 Å². The first-order valence-electron chi connectivity index (χ1n) is 3.08. The maximum atomic E-state index is 12.4. The van der Waals surface area contributed by atoms with Crippen molar-refractivity contribution in [3.63, 3.8) is 0 Å². The molecule has 1 rings (SSSR count). The molecule has 0 aromatic heterocycles. The van der Waals surface area contributed by atoms with Gasteiger partial charge >= 0.3 is 0 Å². The van der Waals surface area contributed by atoms with Crippen LogP contribution in [-0.4, -0.2) is 11.3 Å². The van der Waals surface area contributed by atoms with E-state index in [4.69, 9.17) is 0 Å². The molecule has 0 aliphatic heterocycles. The normalized spacial score (nSPS) is 33.0. The van der Waals surface area contributed by atoms with E-state index >= 15 is 0 Å². The molecule has 0 unspecified atom stereocenters. The Labute approximate surface area is 61.8 Å². The molecule has 0 spiro atoms. The summed E-state index contributed by atoms with van der Waals surface area (Å²) in [4.78, 5) is 0. The van der Waals surface area contributed by atoms with Crippen molar-refractivity contribution < 1.29 is 8.78 Å². The van der Waals surface area contributed by atoms with E-state index in [0.717, 1.165) is 5.33 Å². The summed E-state index contributed by atoms with van der Waals surface area (Å²) < 4.78 is 24.7. The molecule has 1 fully saturated rings. The molecule has 0 radical (unpaired) electrons. The van der Waals surface area contributed by atoms with Crippen LogP contribution in [0.1, 0.15) is 19.3 Å². The molecule has 1 aliphatic carbocycles. The van der Waals surface area contributed by atoms with E-state index in [1.165, 1.54) is 0 Å². The fraction of sp³-hybridized carbons (Fsp3) is 1.00. The minimum atomic E-state index is -2.36. The molecule has 1 atom stereocenters. The van der Waals surface area contributed by atoms with Crippen LogP contribution < -0.4 is 0 Å².